The summed E-state index contributed by atoms with van der Waals surface area (Å²) < 4.78 is 0. The molecule has 0 aromatic carbocycles. The van der Waals surface area contributed by atoms with Gasteiger partial charge in [-0.3, -0.25) is 20.0 Å². The minimum atomic E-state index is -0.503. The summed E-state index contributed by atoms with van der Waals surface area (Å²) in [6.07, 6.45) is 3.25. The first kappa shape index (κ1) is 16.4. The number of amides is 1. The normalized spacial score (nSPS) is 18.5. The number of nitrogens with one attached hydrogen (secondary N) is 2. The number of nitrogens with zero attached hydrogens (tertiary/aromatic N) is 3. The molecule has 22 heavy (non-hydrogen) atoms. The third kappa shape index (κ3) is 3.44. The van der Waals surface area contributed by atoms with Crippen LogP contribution in [-0.2, 0) is 6.42 Å². The Morgan fingerprint density at radius 3 is 3.00 bits per heavy atom. The van der Waals surface area contributed by atoms with Crippen molar-refractivity contribution in [3.8, 4) is 0 Å². The number of likely N-dealkylation sites (tertiary alicyclic amines) is 1. The van der Waals surface area contributed by atoms with Crippen molar-refractivity contribution >= 4 is 11.6 Å². The zero-order chi connectivity index (χ0) is 16.1. The van der Waals surface area contributed by atoms with E-state index in [4.69, 9.17) is 0 Å². The molecule has 0 saturated carbocycles. The molecule has 8 nitrogen and oxygen atoms in total. The Kier molecular flexibility index (Phi) is 5.48. The zero-order valence-electron chi connectivity index (χ0n) is 13.1. The molecule has 1 unspecified atom stereocenters. The lowest BCUT2D eigenvalue weighted by atomic mass is 9.97. The average Bonchev–Trinajstić information content (AvgIpc) is 2.91. The highest BCUT2D eigenvalue weighted by Crippen LogP contribution is 2.25. The molecule has 2 N–H and O–H groups in total. The molecule has 1 amide bonds. The first-order valence-corrected chi connectivity index (χ1v) is 7.74. The maximum atomic E-state index is 12.6. The molecule has 8 heteroatoms. The third-order valence-corrected chi connectivity index (χ3v) is 4.00. The van der Waals surface area contributed by atoms with Crippen molar-refractivity contribution in [3.05, 3.63) is 21.5 Å². The lowest BCUT2D eigenvalue weighted by Crippen LogP contribution is -2.42. The predicted octanol–water partition coefficient (Wildman–Crippen LogP) is 1.34. The van der Waals surface area contributed by atoms with Gasteiger partial charge in [-0.2, -0.15) is 5.10 Å². The van der Waals surface area contributed by atoms with Gasteiger partial charge in [0.2, 0.25) is 5.69 Å². The number of nitro groups is 1. The van der Waals surface area contributed by atoms with E-state index in [2.05, 4.69) is 15.5 Å². The van der Waals surface area contributed by atoms with E-state index in [-0.39, 0.29) is 17.3 Å². The van der Waals surface area contributed by atoms with Crippen LogP contribution in [0.25, 0.3) is 0 Å². The second-order valence-corrected chi connectivity index (χ2v) is 5.72. The van der Waals surface area contributed by atoms with Crippen LogP contribution < -0.4 is 5.32 Å². The van der Waals surface area contributed by atoms with Gasteiger partial charge in [0.15, 0.2) is 0 Å². The van der Waals surface area contributed by atoms with Gasteiger partial charge in [-0.1, -0.05) is 13.3 Å². The summed E-state index contributed by atoms with van der Waals surface area (Å²) in [5, 5.41) is 21.0. The summed E-state index contributed by atoms with van der Waals surface area (Å²) in [4.78, 5) is 25.1. The van der Waals surface area contributed by atoms with Crippen LogP contribution in [0, 0.1) is 16.0 Å². The maximum absolute atomic E-state index is 12.6. The first-order chi connectivity index (χ1) is 10.6. The number of hydrogen-bond acceptors (Lipinski definition) is 5. The minimum Gasteiger partial charge on any atom is -0.337 e. The van der Waals surface area contributed by atoms with Crippen molar-refractivity contribution in [3.63, 3.8) is 0 Å². The molecule has 1 saturated heterocycles. The molecule has 0 bridgehead atoms. The Morgan fingerprint density at radius 1 is 1.59 bits per heavy atom. The highest BCUT2D eigenvalue weighted by atomic mass is 16.6. The van der Waals surface area contributed by atoms with E-state index in [9.17, 15) is 14.9 Å². The number of carbonyl (C=O) groups is 1. The van der Waals surface area contributed by atoms with E-state index in [0.717, 1.165) is 25.8 Å². The summed E-state index contributed by atoms with van der Waals surface area (Å²) >= 11 is 0. The molecule has 1 fully saturated rings. The van der Waals surface area contributed by atoms with Crippen LogP contribution in [-0.4, -0.2) is 52.6 Å². The monoisotopic (exact) mass is 309 g/mol. The SMILES string of the molecule is CCCc1[nH]nc(C(=O)N2CCCC(CNC)C2)c1[N+](=O)[O-]. The van der Waals surface area contributed by atoms with Gasteiger partial charge in [0, 0.05) is 13.1 Å². The van der Waals surface area contributed by atoms with Crippen molar-refractivity contribution in [1.29, 1.82) is 0 Å². The minimum absolute atomic E-state index is 0.0569. The van der Waals surface area contributed by atoms with Crippen LogP contribution in [0.15, 0.2) is 0 Å². The number of carbonyl (C=O) groups excluding carboxylic acids is 1. The van der Waals surface area contributed by atoms with Gasteiger partial charge < -0.3 is 10.2 Å². The van der Waals surface area contributed by atoms with Crippen molar-refractivity contribution in [1.82, 2.24) is 20.4 Å². The molecule has 2 rings (SSSR count). The molecule has 1 aliphatic rings. The molecule has 1 atom stereocenters. The fourth-order valence-electron chi connectivity index (χ4n) is 3.00. The largest absolute Gasteiger partial charge is 0.337 e. The number of piperidine rings is 1. The van der Waals surface area contributed by atoms with E-state index < -0.39 is 4.92 Å². The maximum Gasteiger partial charge on any atom is 0.322 e. The Balaban J connectivity index is 2.20. The number of H-pyrrole nitrogens is 1. The number of hydrogen-bond donors (Lipinski definition) is 2. The predicted molar refractivity (Wildman–Crippen MR) is 81.8 cm³/mol. The summed E-state index contributed by atoms with van der Waals surface area (Å²) in [5.74, 6) is 0.0434. The molecular weight excluding hydrogens is 286 g/mol. The second-order valence-electron chi connectivity index (χ2n) is 5.72. The van der Waals surface area contributed by atoms with Crippen molar-refractivity contribution in [2.24, 2.45) is 5.92 Å². The van der Waals surface area contributed by atoms with Crippen LogP contribution in [0.4, 0.5) is 5.69 Å². The number of aryl methyl sites for hydroxylation is 1. The summed E-state index contributed by atoms with van der Waals surface area (Å²) in [6, 6.07) is 0. The first-order valence-electron chi connectivity index (χ1n) is 7.74. The van der Waals surface area contributed by atoms with Gasteiger partial charge in [-0.15, -0.1) is 0 Å². The van der Waals surface area contributed by atoms with Crippen LogP contribution in [0.5, 0.6) is 0 Å². The molecule has 1 aliphatic heterocycles. The topological polar surface area (TPSA) is 104 Å². The molecule has 0 radical (unpaired) electrons. The lowest BCUT2D eigenvalue weighted by Gasteiger charge is -2.32. The van der Waals surface area contributed by atoms with E-state index in [0.29, 0.717) is 31.1 Å². The molecule has 0 aliphatic carbocycles. The third-order valence-electron chi connectivity index (χ3n) is 4.00. The van der Waals surface area contributed by atoms with Gasteiger partial charge in [0.1, 0.15) is 5.69 Å². The Morgan fingerprint density at radius 2 is 2.36 bits per heavy atom. The van der Waals surface area contributed by atoms with Crippen LogP contribution in [0.2, 0.25) is 0 Å². The molecule has 1 aromatic rings. The summed E-state index contributed by atoms with van der Waals surface area (Å²) in [5.41, 5.74) is 0.209. The Bertz CT molecular complexity index is 541. The molecule has 2 heterocycles. The van der Waals surface area contributed by atoms with Gasteiger partial charge in [0.25, 0.3) is 5.91 Å². The van der Waals surface area contributed by atoms with E-state index in [1.807, 2.05) is 14.0 Å². The Hall–Kier alpha value is -1.96. The molecule has 1 aromatic heterocycles. The quantitative estimate of drug-likeness (QED) is 0.609. The molecule has 122 valence electrons. The lowest BCUT2D eigenvalue weighted by molar-refractivity contribution is -0.385. The van der Waals surface area contributed by atoms with Gasteiger partial charge in [0.05, 0.1) is 4.92 Å². The fraction of sp³-hybridized carbons (Fsp3) is 0.714. The smallest absolute Gasteiger partial charge is 0.322 e. The number of aromatic amines is 1. The standard InChI is InChI=1S/C14H23N5O3/c1-3-5-11-13(19(21)22)12(17-16-11)14(20)18-7-4-6-10(9-18)8-15-2/h10,15H,3-9H2,1-2H3,(H,16,17). The average molecular weight is 309 g/mol. The highest BCUT2D eigenvalue weighted by molar-refractivity contribution is 5.96. The summed E-state index contributed by atoms with van der Waals surface area (Å²) in [6.45, 7) is 4.02. The van der Waals surface area contributed by atoms with E-state index in [1.165, 1.54) is 0 Å². The van der Waals surface area contributed by atoms with Gasteiger partial charge in [-0.25, -0.2) is 0 Å². The van der Waals surface area contributed by atoms with Crippen LogP contribution in [0.1, 0.15) is 42.4 Å². The van der Waals surface area contributed by atoms with Crippen molar-refractivity contribution in [2.75, 3.05) is 26.7 Å². The number of aromatic nitrogens is 2. The molecule has 0 spiro atoms. The van der Waals surface area contributed by atoms with E-state index >= 15 is 0 Å². The summed E-state index contributed by atoms with van der Waals surface area (Å²) in [7, 11) is 1.89. The Labute approximate surface area is 129 Å². The van der Waals surface area contributed by atoms with Crippen molar-refractivity contribution in [2.45, 2.75) is 32.6 Å². The van der Waals surface area contributed by atoms with Gasteiger partial charge in [-0.05, 0) is 38.8 Å². The number of rotatable bonds is 6. The highest BCUT2D eigenvalue weighted by Gasteiger charge is 2.33. The van der Waals surface area contributed by atoms with Crippen molar-refractivity contribution < 1.29 is 9.72 Å². The van der Waals surface area contributed by atoms with Crippen LogP contribution in [0.3, 0.4) is 0 Å². The zero-order valence-corrected chi connectivity index (χ0v) is 13.1. The van der Waals surface area contributed by atoms with Gasteiger partial charge >= 0.3 is 5.69 Å². The van der Waals surface area contributed by atoms with Crippen LogP contribution >= 0.6 is 0 Å². The van der Waals surface area contributed by atoms with E-state index in [1.54, 1.807) is 4.90 Å². The fourth-order valence-corrected chi connectivity index (χ4v) is 3.00. The second kappa shape index (κ2) is 7.35. The molecular formula is C14H23N5O3.